The van der Waals surface area contributed by atoms with Gasteiger partial charge in [-0.3, -0.25) is 0 Å². The highest BCUT2D eigenvalue weighted by molar-refractivity contribution is 6.07. The first-order chi connectivity index (χ1) is 29.2. The Bertz CT molecular complexity index is 3470. The second-order valence-corrected chi connectivity index (χ2v) is 16.0. The number of fused-ring (bicyclic) bond motifs is 15. The van der Waals surface area contributed by atoms with Crippen molar-refractivity contribution < 1.29 is 4.42 Å². The Balaban J connectivity index is 1.03. The van der Waals surface area contributed by atoms with E-state index in [-0.39, 0.29) is 0 Å². The van der Waals surface area contributed by atoms with Gasteiger partial charge >= 0.3 is 0 Å². The van der Waals surface area contributed by atoms with Crippen molar-refractivity contribution in [2.75, 3.05) is 4.90 Å². The lowest BCUT2D eigenvalue weighted by Crippen LogP contribution is -2.26. The van der Waals surface area contributed by atoms with E-state index in [9.17, 15) is 0 Å². The minimum Gasteiger partial charge on any atom is -0.456 e. The Labute approximate surface area is 341 Å². The summed E-state index contributed by atoms with van der Waals surface area (Å²) in [6.07, 6.45) is 0. The topological polar surface area (TPSA) is 16.4 Å². The van der Waals surface area contributed by atoms with Gasteiger partial charge in [-0.2, -0.15) is 0 Å². The average Bonchev–Trinajstić information content (AvgIpc) is 3.92. The molecular weight excluding hydrogens is 715 g/mol. The molecule has 274 valence electrons. The summed E-state index contributed by atoms with van der Waals surface area (Å²) >= 11 is 0. The van der Waals surface area contributed by atoms with Crippen LogP contribution in [-0.2, 0) is 5.41 Å². The van der Waals surface area contributed by atoms with E-state index in [0.29, 0.717) is 0 Å². The fourth-order valence-electron chi connectivity index (χ4n) is 10.5. The van der Waals surface area contributed by atoms with Crippen LogP contribution in [0.4, 0.5) is 17.1 Å². The monoisotopic (exact) mass is 749 g/mol. The normalized spacial score (nSPS) is 13.2. The summed E-state index contributed by atoms with van der Waals surface area (Å²) in [5.74, 6) is 0. The zero-order valence-electron chi connectivity index (χ0n) is 32.1. The molecule has 2 heteroatoms. The lowest BCUT2D eigenvalue weighted by Gasteiger charge is -2.32. The number of benzene rings is 10. The van der Waals surface area contributed by atoms with Crippen LogP contribution in [0.1, 0.15) is 22.3 Å². The molecule has 0 unspecified atom stereocenters. The summed E-state index contributed by atoms with van der Waals surface area (Å²) in [6.45, 7) is 0. The molecule has 0 radical (unpaired) electrons. The minimum absolute atomic E-state index is 0.440. The van der Waals surface area contributed by atoms with E-state index in [2.05, 4.69) is 211 Å². The third kappa shape index (κ3) is 4.51. The molecule has 11 aromatic rings. The van der Waals surface area contributed by atoms with E-state index in [1.54, 1.807) is 0 Å². The van der Waals surface area contributed by atoms with Gasteiger partial charge in [-0.05, 0) is 126 Å². The Morgan fingerprint density at radius 1 is 0.305 bits per heavy atom. The maximum absolute atomic E-state index is 6.51. The van der Waals surface area contributed by atoms with E-state index in [0.717, 1.165) is 39.0 Å². The number of hydrogen-bond donors (Lipinski definition) is 0. The maximum atomic E-state index is 6.51. The molecule has 10 aromatic carbocycles. The van der Waals surface area contributed by atoms with Crippen LogP contribution in [-0.4, -0.2) is 0 Å². The van der Waals surface area contributed by atoms with E-state index in [1.807, 2.05) is 6.07 Å². The molecule has 59 heavy (non-hydrogen) atoms. The van der Waals surface area contributed by atoms with Gasteiger partial charge in [0.25, 0.3) is 0 Å². The molecule has 0 bridgehead atoms. The molecule has 0 amide bonds. The molecule has 1 spiro atoms. The maximum Gasteiger partial charge on any atom is 0.137 e. The molecule has 0 aliphatic heterocycles. The van der Waals surface area contributed by atoms with Gasteiger partial charge in [-0.15, -0.1) is 0 Å². The standard InChI is InChI=1S/C57H35NO/c1-2-14-43-36(12-1)13-11-19-44(43)39-25-24-38-33-40(27-26-37(38)32-39)58(42-29-31-50-49-18-6-10-23-55(49)59-56(50)35-42)41-28-30-48-47-17-5-9-22-53(47)57(54(48)34-41)51-20-7-3-15-45(51)46-16-4-8-21-52(46)57/h1-35H. The van der Waals surface area contributed by atoms with E-state index < -0.39 is 5.41 Å². The third-order valence-corrected chi connectivity index (χ3v) is 13.0. The van der Waals surface area contributed by atoms with Crippen molar-refractivity contribution in [3.63, 3.8) is 0 Å². The van der Waals surface area contributed by atoms with Crippen molar-refractivity contribution in [2.45, 2.75) is 5.41 Å². The van der Waals surface area contributed by atoms with Crippen molar-refractivity contribution >= 4 is 60.5 Å². The van der Waals surface area contributed by atoms with Gasteiger partial charge < -0.3 is 9.32 Å². The number of furan rings is 1. The molecule has 0 N–H and O–H groups in total. The van der Waals surface area contributed by atoms with Crippen LogP contribution in [0.5, 0.6) is 0 Å². The third-order valence-electron chi connectivity index (χ3n) is 13.0. The predicted octanol–water partition coefficient (Wildman–Crippen LogP) is 15.4. The van der Waals surface area contributed by atoms with Crippen molar-refractivity contribution in [1.29, 1.82) is 0 Å². The molecule has 1 heterocycles. The van der Waals surface area contributed by atoms with Crippen molar-refractivity contribution in [3.8, 4) is 33.4 Å². The van der Waals surface area contributed by atoms with Crippen molar-refractivity contribution in [3.05, 3.63) is 235 Å². The predicted molar refractivity (Wildman–Crippen MR) is 245 cm³/mol. The number of para-hydroxylation sites is 1. The molecule has 2 aliphatic rings. The molecule has 2 nitrogen and oxygen atoms in total. The number of rotatable bonds is 4. The summed E-state index contributed by atoms with van der Waals surface area (Å²) < 4.78 is 6.51. The van der Waals surface area contributed by atoms with Gasteiger partial charge in [0.15, 0.2) is 0 Å². The lowest BCUT2D eigenvalue weighted by molar-refractivity contribution is 0.669. The molecular formula is C57H35NO. The Morgan fingerprint density at radius 2 is 0.831 bits per heavy atom. The first kappa shape index (κ1) is 32.4. The molecule has 0 saturated carbocycles. The van der Waals surface area contributed by atoms with Gasteiger partial charge in [0.1, 0.15) is 11.2 Å². The molecule has 13 rings (SSSR count). The molecule has 0 atom stereocenters. The smallest absolute Gasteiger partial charge is 0.137 e. The molecule has 1 aromatic heterocycles. The molecule has 0 fully saturated rings. The SMILES string of the molecule is c1ccc2c(c1)-c1ccccc1C21c2ccccc2-c2ccc(N(c3ccc4cc(-c5cccc6ccccc56)ccc4c3)c3ccc4c(c3)oc3ccccc34)cc21. The van der Waals surface area contributed by atoms with Crippen LogP contribution in [0.2, 0.25) is 0 Å². The Kier molecular flexibility index (Phi) is 6.68. The summed E-state index contributed by atoms with van der Waals surface area (Å²) in [5, 5.41) is 7.15. The van der Waals surface area contributed by atoms with Gasteiger partial charge in [-0.1, -0.05) is 158 Å². The van der Waals surface area contributed by atoms with Crippen LogP contribution in [0.15, 0.2) is 217 Å². The van der Waals surface area contributed by atoms with Crippen LogP contribution in [0.3, 0.4) is 0 Å². The first-order valence-electron chi connectivity index (χ1n) is 20.4. The molecule has 0 saturated heterocycles. The number of hydrogen-bond acceptors (Lipinski definition) is 2. The van der Waals surface area contributed by atoms with Crippen LogP contribution in [0.25, 0.3) is 76.9 Å². The Morgan fingerprint density at radius 3 is 1.61 bits per heavy atom. The molecule has 2 aliphatic carbocycles. The fraction of sp³-hybridized carbons (Fsp3) is 0.0175. The highest BCUT2D eigenvalue weighted by Gasteiger charge is 2.51. The van der Waals surface area contributed by atoms with E-state index >= 15 is 0 Å². The average molecular weight is 750 g/mol. The first-order valence-corrected chi connectivity index (χ1v) is 20.4. The second kappa shape index (κ2) is 12.2. The van der Waals surface area contributed by atoms with E-state index in [4.69, 9.17) is 4.42 Å². The van der Waals surface area contributed by atoms with Gasteiger partial charge in [0, 0.05) is 33.9 Å². The summed E-state index contributed by atoms with van der Waals surface area (Å²) in [4.78, 5) is 2.41. The summed E-state index contributed by atoms with van der Waals surface area (Å²) in [5.41, 5.74) is 17.5. The number of anilines is 3. The van der Waals surface area contributed by atoms with Crippen LogP contribution < -0.4 is 4.90 Å². The van der Waals surface area contributed by atoms with Gasteiger partial charge in [-0.25, -0.2) is 0 Å². The van der Waals surface area contributed by atoms with Gasteiger partial charge in [0.05, 0.1) is 5.41 Å². The van der Waals surface area contributed by atoms with Crippen LogP contribution >= 0.6 is 0 Å². The highest BCUT2D eigenvalue weighted by Crippen LogP contribution is 2.63. The zero-order chi connectivity index (χ0) is 38.7. The van der Waals surface area contributed by atoms with E-state index in [1.165, 1.54) is 77.2 Å². The zero-order valence-corrected chi connectivity index (χ0v) is 32.1. The summed E-state index contributed by atoms with van der Waals surface area (Å²) in [7, 11) is 0. The lowest BCUT2D eigenvalue weighted by atomic mass is 9.70. The Hall–Kier alpha value is -7.68. The van der Waals surface area contributed by atoms with Crippen molar-refractivity contribution in [1.82, 2.24) is 0 Å². The second-order valence-electron chi connectivity index (χ2n) is 16.0. The quantitative estimate of drug-likeness (QED) is 0.178. The largest absolute Gasteiger partial charge is 0.456 e. The highest BCUT2D eigenvalue weighted by atomic mass is 16.3. The minimum atomic E-state index is -0.440. The summed E-state index contributed by atoms with van der Waals surface area (Å²) in [6, 6.07) is 78.1. The van der Waals surface area contributed by atoms with Gasteiger partial charge in [0.2, 0.25) is 0 Å². The number of nitrogens with zero attached hydrogens (tertiary/aromatic N) is 1. The van der Waals surface area contributed by atoms with Crippen molar-refractivity contribution in [2.24, 2.45) is 0 Å². The van der Waals surface area contributed by atoms with Crippen LogP contribution in [0, 0.1) is 0 Å². The fourth-order valence-corrected chi connectivity index (χ4v) is 10.5.